The molecule has 0 amide bonds. The zero-order valence-corrected chi connectivity index (χ0v) is 20.3. The zero-order valence-electron chi connectivity index (χ0n) is 17.1. The van der Waals surface area contributed by atoms with Gasteiger partial charge in [-0.1, -0.05) is 6.07 Å². The Labute approximate surface area is 186 Å². The largest absolute Gasteiger partial charge is 0.356 e. The van der Waals surface area contributed by atoms with Gasteiger partial charge in [-0.2, -0.15) is 0 Å². The third-order valence-electron chi connectivity index (χ3n) is 5.98. The third-order valence-corrected chi connectivity index (χ3v) is 6.92. The second kappa shape index (κ2) is 11.0. The van der Waals surface area contributed by atoms with Gasteiger partial charge in [-0.25, -0.2) is 0 Å². The van der Waals surface area contributed by atoms with Gasteiger partial charge in [0.05, 0.1) is 0 Å². The minimum atomic E-state index is 0. The molecule has 3 atom stereocenters. The number of thiophene rings is 1. The van der Waals surface area contributed by atoms with Crippen LogP contribution in [0.5, 0.6) is 0 Å². The van der Waals surface area contributed by atoms with E-state index in [0.717, 1.165) is 25.1 Å². The van der Waals surface area contributed by atoms with Crippen LogP contribution in [0, 0.1) is 5.92 Å². The molecule has 1 aromatic heterocycles. The molecule has 154 valence electrons. The van der Waals surface area contributed by atoms with Crippen molar-refractivity contribution in [1.82, 2.24) is 20.4 Å². The van der Waals surface area contributed by atoms with E-state index < -0.39 is 0 Å². The number of rotatable bonds is 7. The van der Waals surface area contributed by atoms with Gasteiger partial charge in [0.15, 0.2) is 5.96 Å². The lowest BCUT2D eigenvalue weighted by atomic mass is 9.88. The Morgan fingerprint density at radius 2 is 2.15 bits per heavy atom. The van der Waals surface area contributed by atoms with E-state index in [1.165, 1.54) is 37.1 Å². The van der Waals surface area contributed by atoms with Crippen LogP contribution in [0.4, 0.5) is 0 Å². The summed E-state index contributed by atoms with van der Waals surface area (Å²) in [5.41, 5.74) is 0. The van der Waals surface area contributed by atoms with Crippen molar-refractivity contribution in [1.29, 1.82) is 0 Å². The average Bonchev–Trinajstić information content (AvgIpc) is 3.36. The quantitative estimate of drug-likeness (QED) is 0.339. The average molecular weight is 506 g/mol. The van der Waals surface area contributed by atoms with Crippen LogP contribution in [-0.2, 0) is 0 Å². The fourth-order valence-corrected chi connectivity index (χ4v) is 5.04. The highest BCUT2D eigenvalue weighted by Crippen LogP contribution is 2.36. The molecule has 1 saturated heterocycles. The van der Waals surface area contributed by atoms with E-state index in [1.54, 1.807) is 0 Å². The summed E-state index contributed by atoms with van der Waals surface area (Å²) in [6.07, 6.45) is 5.26. The molecule has 1 saturated carbocycles. The van der Waals surface area contributed by atoms with Gasteiger partial charge in [0.2, 0.25) is 0 Å². The summed E-state index contributed by atoms with van der Waals surface area (Å²) in [5, 5.41) is 9.30. The Bertz CT molecular complexity index is 575. The van der Waals surface area contributed by atoms with Crippen LogP contribution in [0.3, 0.4) is 0 Å². The molecule has 0 radical (unpaired) electrons. The number of hydrogen-bond acceptors (Lipinski definition) is 4. The summed E-state index contributed by atoms with van der Waals surface area (Å²) in [6, 6.07) is 6.30. The summed E-state index contributed by atoms with van der Waals surface area (Å²) in [6.45, 7) is 5.39. The number of piperidine rings is 1. The highest BCUT2D eigenvalue weighted by atomic mass is 127. The second-order valence-corrected chi connectivity index (χ2v) is 8.90. The Hall–Kier alpha value is -0.380. The summed E-state index contributed by atoms with van der Waals surface area (Å²) >= 11 is 1.88. The van der Waals surface area contributed by atoms with E-state index >= 15 is 0 Å². The van der Waals surface area contributed by atoms with Crippen LogP contribution in [-0.4, -0.2) is 68.6 Å². The van der Waals surface area contributed by atoms with Crippen molar-refractivity contribution in [2.75, 3.05) is 40.8 Å². The van der Waals surface area contributed by atoms with E-state index in [2.05, 4.69) is 64.0 Å². The van der Waals surface area contributed by atoms with Crippen molar-refractivity contribution in [2.24, 2.45) is 10.9 Å². The van der Waals surface area contributed by atoms with Crippen LogP contribution in [0.25, 0.3) is 0 Å². The summed E-state index contributed by atoms with van der Waals surface area (Å²) < 4.78 is 0. The van der Waals surface area contributed by atoms with Crippen LogP contribution in [0.15, 0.2) is 22.5 Å². The molecular weight excluding hydrogens is 469 g/mol. The van der Waals surface area contributed by atoms with Crippen molar-refractivity contribution in [3.63, 3.8) is 0 Å². The number of aliphatic imine (C=N–C) groups is 1. The highest BCUT2D eigenvalue weighted by molar-refractivity contribution is 14.0. The second-order valence-electron chi connectivity index (χ2n) is 7.92. The number of nitrogens with one attached hydrogen (secondary N) is 2. The van der Waals surface area contributed by atoms with E-state index in [4.69, 9.17) is 0 Å². The first-order valence-electron chi connectivity index (χ1n) is 10.00. The maximum Gasteiger partial charge on any atom is 0.191 e. The maximum absolute atomic E-state index is 4.44. The first kappa shape index (κ1) is 22.9. The number of likely N-dealkylation sites (N-methyl/N-ethyl adjacent to an activating group) is 1. The standard InChI is InChI=1S/C20H35N5S.HI/c1-15(25(4)17-9-10-17)13-22-20(21-2)23-14-16-7-5-11-24(3)19(16)18-8-6-12-26-18;/h6,8,12,15-17,19H,5,7,9-11,13-14H2,1-4H3,(H2,21,22,23);1H. The molecule has 2 aliphatic rings. The molecule has 1 aromatic rings. The molecule has 3 rings (SSSR count). The fourth-order valence-electron chi connectivity index (χ4n) is 4.06. The Morgan fingerprint density at radius 3 is 2.78 bits per heavy atom. The number of hydrogen-bond donors (Lipinski definition) is 2. The Kier molecular flexibility index (Phi) is 9.31. The Balaban J connectivity index is 0.00000261. The molecule has 2 fully saturated rings. The van der Waals surface area contributed by atoms with Gasteiger partial charge in [0, 0.05) is 43.1 Å². The Morgan fingerprint density at radius 1 is 1.37 bits per heavy atom. The first-order chi connectivity index (χ1) is 12.6. The summed E-state index contributed by atoms with van der Waals surface area (Å²) in [5.74, 6) is 1.55. The molecule has 5 nitrogen and oxygen atoms in total. The normalized spacial score (nSPS) is 25.1. The van der Waals surface area contributed by atoms with Crippen molar-refractivity contribution < 1.29 is 0 Å². The van der Waals surface area contributed by atoms with Gasteiger partial charge in [-0.05, 0) is 70.6 Å². The van der Waals surface area contributed by atoms with Crippen molar-refractivity contribution in [2.45, 2.75) is 50.7 Å². The van der Waals surface area contributed by atoms with E-state index in [9.17, 15) is 0 Å². The lowest BCUT2D eigenvalue weighted by Crippen LogP contribution is -2.48. The van der Waals surface area contributed by atoms with Gasteiger partial charge in [0.1, 0.15) is 0 Å². The smallest absolute Gasteiger partial charge is 0.191 e. The fraction of sp³-hybridized carbons (Fsp3) is 0.750. The van der Waals surface area contributed by atoms with Crippen LogP contribution in [0.2, 0.25) is 0 Å². The molecule has 0 aromatic carbocycles. The van der Waals surface area contributed by atoms with Crippen LogP contribution >= 0.6 is 35.3 Å². The summed E-state index contributed by atoms with van der Waals surface area (Å²) in [4.78, 5) is 10.9. The van der Waals surface area contributed by atoms with Crippen molar-refractivity contribution >= 4 is 41.3 Å². The molecule has 0 spiro atoms. The van der Waals surface area contributed by atoms with Crippen molar-refractivity contribution in [3.05, 3.63) is 22.4 Å². The monoisotopic (exact) mass is 505 g/mol. The molecule has 3 unspecified atom stereocenters. The van der Waals surface area contributed by atoms with Gasteiger partial charge >= 0.3 is 0 Å². The van der Waals surface area contributed by atoms with Gasteiger partial charge in [0.25, 0.3) is 0 Å². The molecular formula is C20H36IN5S. The van der Waals surface area contributed by atoms with E-state index in [-0.39, 0.29) is 24.0 Å². The summed E-state index contributed by atoms with van der Waals surface area (Å²) in [7, 11) is 6.37. The minimum Gasteiger partial charge on any atom is -0.356 e. The molecule has 2 heterocycles. The highest BCUT2D eigenvalue weighted by Gasteiger charge is 2.31. The molecule has 0 bridgehead atoms. The van der Waals surface area contributed by atoms with Gasteiger partial charge in [-0.15, -0.1) is 35.3 Å². The lowest BCUT2D eigenvalue weighted by Gasteiger charge is -2.39. The third kappa shape index (κ3) is 6.30. The van der Waals surface area contributed by atoms with Gasteiger partial charge < -0.3 is 10.6 Å². The van der Waals surface area contributed by atoms with E-state index in [0.29, 0.717) is 18.0 Å². The first-order valence-corrected chi connectivity index (χ1v) is 10.9. The molecule has 7 heteroatoms. The molecule has 1 aliphatic carbocycles. The van der Waals surface area contributed by atoms with Crippen LogP contribution in [0.1, 0.15) is 43.5 Å². The minimum absolute atomic E-state index is 0. The predicted octanol–water partition coefficient (Wildman–Crippen LogP) is 3.40. The maximum atomic E-state index is 4.44. The lowest BCUT2D eigenvalue weighted by molar-refractivity contribution is 0.125. The number of halogens is 1. The topological polar surface area (TPSA) is 42.9 Å². The predicted molar refractivity (Wildman–Crippen MR) is 127 cm³/mol. The molecule has 2 N–H and O–H groups in total. The number of guanidine groups is 1. The number of nitrogens with zero attached hydrogens (tertiary/aromatic N) is 3. The number of likely N-dealkylation sites (tertiary alicyclic amines) is 1. The molecule has 27 heavy (non-hydrogen) atoms. The zero-order chi connectivity index (χ0) is 18.5. The van der Waals surface area contributed by atoms with Crippen LogP contribution < -0.4 is 10.6 Å². The van der Waals surface area contributed by atoms with Crippen molar-refractivity contribution in [3.8, 4) is 0 Å². The van der Waals surface area contributed by atoms with E-state index in [1.807, 2.05) is 18.4 Å². The van der Waals surface area contributed by atoms with Gasteiger partial charge in [-0.3, -0.25) is 14.8 Å². The SMILES string of the molecule is CN=C(NCC1CCCN(C)C1c1cccs1)NCC(C)N(C)C1CC1.I. The molecule has 1 aliphatic heterocycles.